The smallest absolute Gasteiger partial charge is 0.253 e. The van der Waals surface area contributed by atoms with Gasteiger partial charge in [-0.25, -0.2) is 4.39 Å². The summed E-state index contributed by atoms with van der Waals surface area (Å²) in [4.78, 5) is 22.7. The lowest BCUT2D eigenvalue weighted by molar-refractivity contribution is -0.124. The molecule has 1 aromatic rings. The molecular formula is C13H15FN2O3. The summed E-state index contributed by atoms with van der Waals surface area (Å²) < 4.78 is 18.7. The molecule has 1 saturated heterocycles. The third kappa shape index (κ3) is 3.51. The zero-order chi connectivity index (χ0) is 13.8. The highest BCUT2D eigenvalue weighted by Crippen LogP contribution is 2.21. The van der Waals surface area contributed by atoms with Gasteiger partial charge in [-0.2, -0.15) is 0 Å². The first-order valence-corrected chi connectivity index (χ1v) is 6.06. The third-order valence-corrected chi connectivity index (χ3v) is 2.77. The summed E-state index contributed by atoms with van der Waals surface area (Å²) in [5.41, 5.74) is 0.461. The van der Waals surface area contributed by atoms with E-state index in [0.29, 0.717) is 18.7 Å². The Morgan fingerprint density at radius 1 is 1.37 bits per heavy atom. The van der Waals surface area contributed by atoms with Crippen LogP contribution >= 0.6 is 0 Å². The Hall–Kier alpha value is -1.95. The van der Waals surface area contributed by atoms with E-state index in [1.165, 1.54) is 25.1 Å². The molecule has 1 aliphatic rings. The average Bonchev–Trinajstić information content (AvgIpc) is 2.86. The second kappa shape index (κ2) is 5.79. The number of carbonyl (C=O) groups excluding carboxylic acids is 2. The molecule has 1 atom stereocenters. The van der Waals surface area contributed by atoms with Crippen molar-refractivity contribution in [3.8, 4) is 0 Å². The fraction of sp³-hybridized carbons (Fsp3) is 0.385. The van der Waals surface area contributed by atoms with Crippen LogP contribution in [0.3, 0.4) is 0 Å². The molecule has 2 rings (SSSR count). The lowest BCUT2D eigenvalue weighted by Gasteiger charge is -2.12. The molecule has 2 amide bonds. The summed E-state index contributed by atoms with van der Waals surface area (Å²) in [5.74, 6) is -1.18. The molecule has 102 valence electrons. The van der Waals surface area contributed by atoms with Crippen LogP contribution in [0.2, 0.25) is 0 Å². The van der Waals surface area contributed by atoms with Gasteiger partial charge in [0, 0.05) is 19.2 Å². The van der Waals surface area contributed by atoms with Crippen LogP contribution in [-0.2, 0) is 14.3 Å². The van der Waals surface area contributed by atoms with E-state index >= 15 is 0 Å². The normalized spacial score (nSPS) is 18.1. The van der Waals surface area contributed by atoms with E-state index in [1.807, 2.05) is 0 Å². The van der Waals surface area contributed by atoms with E-state index in [1.54, 1.807) is 0 Å². The van der Waals surface area contributed by atoms with Crippen LogP contribution in [0.15, 0.2) is 18.2 Å². The fourth-order valence-electron chi connectivity index (χ4n) is 1.90. The van der Waals surface area contributed by atoms with Gasteiger partial charge in [-0.3, -0.25) is 9.59 Å². The van der Waals surface area contributed by atoms with Crippen molar-refractivity contribution in [2.24, 2.45) is 0 Å². The van der Waals surface area contributed by atoms with Crippen molar-refractivity contribution in [2.75, 3.05) is 17.2 Å². The van der Waals surface area contributed by atoms with Crippen LogP contribution in [0.4, 0.5) is 15.8 Å². The molecule has 0 radical (unpaired) electrons. The number of carbonyl (C=O) groups is 2. The lowest BCUT2D eigenvalue weighted by Crippen LogP contribution is -2.26. The molecule has 1 fully saturated rings. The van der Waals surface area contributed by atoms with Gasteiger partial charge in [-0.1, -0.05) is 0 Å². The van der Waals surface area contributed by atoms with Gasteiger partial charge in [0.15, 0.2) is 0 Å². The molecule has 0 aromatic heterocycles. The summed E-state index contributed by atoms with van der Waals surface area (Å²) in [6.07, 6.45) is 1.10. The second-order valence-corrected chi connectivity index (χ2v) is 4.37. The first kappa shape index (κ1) is 13.5. The highest BCUT2D eigenvalue weighted by Gasteiger charge is 2.23. The molecule has 5 nitrogen and oxygen atoms in total. The number of halogens is 1. The van der Waals surface area contributed by atoms with E-state index in [9.17, 15) is 14.0 Å². The van der Waals surface area contributed by atoms with Crippen molar-refractivity contribution in [1.82, 2.24) is 0 Å². The largest absolute Gasteiger partial charge is 0.368 e. The Morgan fingerprint density at radius 3 is 2.79 bits per heavy atom. The number of anilines is 2. The number of benzene rings is 1. The topological polar surface area (TPSA) is 67.4 Å². The maximum Gasteiger partial charge on any atom is 0.253 e. The monoisotopic (exact) mass is 266 g/mol. The Balaban J connectivity index is 2.07. The summed E-state index contributed by atoms with van der Waals surface area (Å²) >= 11 is 0. The summed E-state index contributed by atoms with van der Waals surface area (Å²) in [5, 5.41) is 5.00. The highest BCUT2D eigenvalue weighted by atomic mass is 19.1. The first-order chi connectivity index (χ1) is 9.06. The Kier molecular flexibility index (Phi) is 4.11. The van der Waals surface area contributed by atoms with Gasteiger partial charge in [-0.15, -0.1) is 0 Å². The first-order valence-electron chi connectivity index (χ1n) is 6.06. The highest BCUT2D eigenvalue weighted by molar-refractivity contribution is 5.95. The van der Waals surface area contributed by atoms with Gasteiger partial charge in [0.25, 0.3) is 5.91 Å². The van der Waals surface area contributed by atoms with E-state index < -0.39 is 11.9 Å². The van der Waals surface area contributed by atoms with Crippen molar-refractivity contribution >= 4 is 23.2 Å². The maximum atomic E-state index is 13.4. The number of amides is 2. The average molecular weight is 266 g/mol. The Labute approximate surface area is 110 Å². The molecule has 0 bridgehead atoms. The van der Waals surface area contributed by atoms with E-state index in [4.69, 9.17) is 4.74 Å². The van der Waals surface area contributed by atoms with E-state index in [2.05, 4.69) is 10.6 Å². The van der Waals surface area contributed by atoms with Crippen LogP contribution in [0, 0.1) is 5.82 Å². The zero-order valence-corrected chi connectivity index (χ0v) is 10.5. The van der Waals surface area contributed by atoms with Crippen molar-refractivity contribution in [3.63, 3.8) is 0 Å². The molecular weight excluding hydrogens is 251 g/mol. The van der Waals surface area contributed by atoms with Crippen LogP contribution in [-0.4, -0.2) is 24.5 Å². The third-order valence-electron chi connectivity index (χ3n) is 2.77. The van der Waals surface area contributed by atoms with Crippen LogP contribution in [0.1, 0.15) is 19.8 Å². The van der Waals surface area contributed by atoms with E-state index in [0.717, 1.165) is 6.42 Å². The molecule has 2 N–H and O–H groups in total. The SMILES string of the molecule is CC(=O)Nc1cc(NC(=O)[C@H]2CCCO2)ccc1F. The number of hydrogen-bond acceptors (Lipinski definition) is 3. The van der Waals surface area contributed by atoms with Crippen LogP contribution < -0.4 is 10.6 Å². The predicted molar refractivity (Wildman–Crippen MR) is 68.3 cm³/mol. The second-order valence-electron chi connectivity index (χ2n) is 4.37. The van der Waals surface area contributed by atoms with Crippen molar-refractivity contribution in [1.29, 1.82) is 0 Å². The van der Waals surface area contributed by atoms with Gasteiger partial charge in [0.05, 0.1) is 5.69 Å². The standard InChI is InChI=1S/C13H15FN2O3/c1-8(17)15-11-7-9(4-5-10(11)14)16-13(18)12-3-2-6-19-12/h4-5,7,12H,2-3,6H2,1H3,(H,15,17)(H,16,18)/t12-/m1/s1. The van der Waals surface area contributed by atoms with Crippen molar-refractivity contribution in [3.05, 3.63) is 24.0 Å². The minimum atomic E-state index is -0.551. The van der Waals surface area contributed by atoms with Crippen molar-refractivity contribution < 1.29 is 18.7 Å². The molecule has 6 heteroatoms. The minimum absolute atomic E-state index is 0.0395. The quantitative estimate of drug-likeness (QED) is 0.878. The predicted octanol–water partition coefficient (Wildman–Crippen LogP) is 1.90. The molecule has 0 spiro atoms. The Bertz CT molecular complexity index is 499. The number of hydrogen-bond donors (Lipinski definition) is 2. The molecule has 1 aliphatic heterocycles. The minimum Gasteiger partial charge on any atom is -0.368 e. The van der Waals surface area contributed by atoms with Gasteiger partial charge in [0.1, 0.15) is 11.9 Å². The molecule has 0 saturated carbocycles. The molecule has 0 aliphatic carbocycles. The maximum absolute atomic E-state index is 13.4. The fourth-order valence-corrected chi connectivity index (χ4v) is 1.90. The van der Waals surface area contributed by atoms with Gasteiger partial charge in [-0.05, 0) is 31.0 Å². The summed E-state index contributed by atoms with van der Waals surface area (Å²) in [6.45, 7) is 1.87. The molecule has 1 aromatic carbocycles. The number of ether oxygens (including phenoxy) is 1. The summed E-state index contributed by atoms with van der Waals surface area (Å²) in [6, 6.07) is 4.01. The van der Waals surface area contributed by atoms with Crippen LogP contribution in [0.5, 0.6) is 0 Å². The Morgan fingerprint density at radius 2 is 2.16 bits per heavy atom. The summed E-state index contributed by atoms with van der Waals surface area (Å²) in [7, 11) is 0. The number of rotatable bonds is 3. The molecule has 1 heterocycles. The lowest BCUT2D eigenvalue weighted by atomic mass is 10.2. The van der Waals surface area contributed by atoms with Gasteiger partial charge >= 0.3 is 0 Å². The molecule has 0 unspecified atom stereocenters. The van der Waals surface area contributed by atoms with Gasteiger partial charge in [0.2, 0.25) is 5.91 Å². The van der Waals surface area contributed by atoms with Gasteiger partial charge < -0.3 is 15.4 Å². The van der Waals surface area contributed by atoms with E-state index in [-0.39, 0.29) is 17.5 Å². The zero-order valence-electron chi connectivity index (χ0n) is 10.5. The molecule has 19 heavy (non-hydrogen) atoms. The number of nitrogens with one attached hydrogen (secondary N) is 2. The van der Waals surface area contributed by atoms with Crippen molar-refractivity contribution in [2.45, 2.75) is 25.9 Å². The van der Waals surface area contributed by atoms with Crippen LogP contribution in [0.25, 0.3) is 0 Å².